The first-order chi connectivity index (χ1) is 8.04. The van der Waals surface area contributed by atoms with E-state index in [9.17, 15) is 4.79 Å². The highest BCUT2D eigenvalue weighted by molar-refractivity contribution is 9.10. The van der Waals surface area contributed by atoms with Crippen LogP contribution in [0, 0.1) is 6.92 Å². The van der Waals surface area contributed by atoms with Crippen molar-refractivity contribution in [2.75, 3.05) is 17.6 Å². The summed E-state index contributed by atoms with van der Waals surface area (Å²) in [5.41, 5.74) is 8.07. The minimum Gasteiger partial charge on any atom is -0.397 e. The monoisotopic (exact) mass is 299 g/mol. The molecule has 0 radical (unpaired) electrons. The molecule has 4 N–H and O–H groups in total. The summed E-state index contributed by atoms with van der Waals surface area (Å²) < 4.78 is 0.792. The molecule has 2 amide bonds. The van der Waals surface area contributed by atoms with Crippen LogP contribution in [-0.2, 0) is 0 Å². The first-order valence-corrected chi connectivity index (χ1v) is 6.44. The molecule has 0 unspecified atom stereocenters. The third-order valence-corrected chi connectivity index (χ3v) is 2.94. The Labute approximate surface area is 110 Å². The van der Waals surface area contributed by atoms with Crippen molar-refractivity contribution in [1.29, 1.82) is 0 Å². The number of aryl methyl sites for hydroxylation is 1. The number of urea groups is 1. The van der Waals surface area contributed by atoms with Gasteiger partial charge in [-0.3, -0.25) is 0 Å². The highest BCUT2D eigenvalue weighted by Gasteiger charge is 2.08. The largest absolute Gasteiger partial charge is 0.397 e. The maximum Gasteiger partial charge on any atom is 0.319 e. The van der Waals surface area contributed by atoms with E-state index in [2.05, 4.69) is 33.5 Å². The Bertz CT molecular complexity index is 384. The number of halogens is 1. The Balaban J connectivity index is 2.65. The van der Waals surface area contributed by atoms with Gasteiger partial charge in [-0.15, -0.1) is 0 Å². The number of nitrogens with one attached hydrogen (secondary N) is 2. The molecule has 0 heterocycles. The lowest BCUT2D eigenvalue weighted by atomic mass is 10.2. The molecule has 0 aromatic heterocycles. The van der Waals surface area contributed by atoms with Gasteiger partial charge in [-0.05, 0) is 47.0 Å². The Morgan fingerprint density at radius 2 is 2.18 bits per heavy atom. The maximum atomic E-state index is 11.6. The van der Waals surface area contributed by atoms with Gasteiger partial charge in [0.05, 0.1) is 11.4 Å². The molecule has 0 atom stereocenters. The normalized spacial score (nSPS) is 10.1. The van der Waals surface area contributed by atoms with Gasteiger partial charge in [-0.1, -0.05) is 13.3 Å². The lowest BCUT2D eigenvalue weighted by Gasteiger charge is -2.12. The summed E-state index contributed by atoms with van der Waals surface area (Å²) in [6, 6.07) is 3.51. The summed E-state index contributed by atoms with van der Waals surface area (Å²) in [7, 11) is 0. The van der Waals surface area contributed by atoms with Crippen LogP contribution in [0.1, 0.15) is 25.3 Å². The van der Waals surface area contributed by atoms with Crippen LogP contribution in [0.15, 0.2) is 16.6 Å². The average Bonchev–Trinajstić information content (AvgIpc) is 2.24. The quantitative estimate of drug-likeness (QED) is 0.590. The van der Waals surface area contributed by atoms with Crippen molar-refractivity contribution in [3.8, 4) is 0 Å². The van der Waals surface area contributed by atoms with E-state index >= 15 is 0 Å². The summed E-state index contributed by atoms with van der Waals surface area (Å²) in [6.45, 7) is 4.70. The van der Waals surface area contributed by atoms with Crippen molar-refractivity contribution in [2.45, 2.75) is 26.7 Å². The molecular formula is C12H18BrN3O. The molecular weight excluding hydrogens is 282 g/mol. The Hall–Kier alpha value is -1.23. The van der Waals surface area contributed by atoms with Gasteiger partial charge in [0.1, 0.15) is 0 Å². The van der Waals surface area contributed by atoms with Crippen molar-refractivity contribution in [1.82, 2.24) is 5.32 Å². The van der Waals surface area contributed by atoms with Gasteiger partial charge in [0, 0.05) is 11.0 Å². The Kier molecular flexibility index (Phi) is 5.28. The van der Waals surface area contributed by atoms with Crippen LogP contribution >= 0.6 is 15.9 Å². The highest BCUT2D eigenvalue weighted by atomic mass is 79.9. The number of anilines is 2. The fraction of sp³-hybridized carbons (Fsp3) is 0.417. The third-order valence-electron chi connectivity index (χ3n) is 2.32. The minimum atomic E-state index is -0.227. The van der Waals surface area contributed by atoms with Gasteiger partial charge in [-0.2, -0.15) is 0 Å². The first kappa shape index (κ1) is 13.8. The highest BCUT2D eigenvalue weighted by Crippen LogP contribution is 2.29. The van der Waals surface area contributed by atoms with Gasteiger partial charge in [-0.25, -0.2) is 4.79 Å². The van der Waals surface area contributed by atoms with Crippen LogP contribution in [0.3, 0.4) is 0 Å². The SMILES string of the molecule is CCCCNC(=O)Nc1c(N)cc(C)cc1Br. The second-order valence-corrected chi connectivity index (χ2v) is 4.80. The molecule has 4 nitrogen and oxygen atoms in total. The lowest BCUT2D eigenvalue weighted by molar-refractivity contribution is 0.252. The van der Waals surface area contributed by atoms with Crippen molar-refractivity contribution < 1.29 is 4.79 Å². The second-order valence-electron chi connectivity index (χ2n) is 3.95. The molecule has 0 saturated carbocycles. The van der Waals surface area contributed by atoms with Gasteiger partial charge < -0.3 is 16.4 Å². The molecule has 0 spiro atoms. The predicted molar refractivity (Wildman–Crippen MR) is 75.2 cm³/mol. The van der Waals surface area contributed by atoms with E-state index in [0.717, 1.165) is 22.9 Å². The zero-order valence-corrected chi connectivity index (χ0v) is 11.7. The van der Waals surface area contributed by atoms with Crippen LogP contribution in [0.4, 0.5) is 16.2 Å². The standard InChI is InChI=1S/C12H18BrN3O/c1-3-4-5-15-12(17)16-11-9(13)6-8(2)7-10(11)14/h6-7H,3-5,14H2,1-2H3,(H2,15,16,17). The van der Waals surface area contributed by atoms with Gasteiger partial charge in [0.15, 0.2) is 0 Å². The summed E-state index contributed by atoms with van der Waals surface area (Å²) in [4.78, 5) is 11.6. The van der Waals surface area contributed by atoms with E-state index in [1.165, 1.54) is 0 Å². The first-order valence-electron chi connectivity index (χ1n) is 5.65. The van der Waals surface area contributed by atoms with Crippen molar-refractivity contribution in [3.63, 3.8) is 0 Å². The molecule has 0 saturated heterocycles. The topological polar surface area (TPSA) is 67.2 Å². The molecule has 0 bridgehead atoms. The van der Waals surface area contributed by atoms with Crippen molar-refractivity contribution >= 4 is 33.3 Å². The van der Waals surface area contributed by atoms with E-state index in [4.69, 9.17) is 5.73 Å². The summed E-state index contributed by atoms with van der Waals surface area (Å²) in [6.07, 6.45) is 2.02. The molecule has 0 aliphatic carbocycles. The van der Waals surface area contributed by atoms with Gasteiger partial charge >= 0.3 is 6.03 Å². The number of nitrogens with two attached hydrogens (primary N) is 1. The fourth-order valence-corrected chi connectivity index (χ4v) is 2.13. The Morgan fingerprint density at radius 1 is 1.47 bits per heavy atom. The number of carbonyl (C=O) groups is 1. The van der Waals surface area contributed by atoms with Gasteiger partial charge in [0.25, 0.3) is 0 Å². The third kappa shape index (κ3) is 4.26. The number of hydrogen-bond acceptors (Lipinski definition) is 2. The van der Waals surface area contributed by atoms with Crippen molar-refractivity contribution in [2.24, 2.45) is 0 Å². The van der Waals surface area contributed by atoms with E-state index in [-0.39, 0.29) is 6.03 Å². The predicted octanol–water partition coefficient (Wildman–Crippen LogP) is 3.26. The van der Waals surface area contributed by atoms with Crippen LogP contribution < -0.4 is 16.4 Å². The zero-order valence-electron chi connectivity index (χ0n) is 10.1. The van der Waals surface area contributed by atoms with E-state index < -0.39 is 0 Å². The molecule has 0 aliphatic heterocycles. The van der Waals surface area contributed by atoms with Crippen LogP contribution in [-0.4, -0.2) is 12.6 Å². The van der Waals surface area contributed by atoms with Crippen LogP contribution in [0.5, 0.6) is 0 Å². The molecule has 0 fully saturated rings. The van der Waals surface area contributed by atoms with Crippen LogP contribution in [0.25, 0.3) is 0 Å². The summed E-state index contributed by atoms with van der Waals surface area (Å²) in [5, 5.41) is 5.52. The maximum absolute atomic E-state index is 11.6. The zero-order chi connectivity index (χ0) is 12.8. The fourth-order valence-electron chi connectivity index (χ4n) is 1.44. The van der Waals surface area contributed by atoms with E-state index in [1.807, 2.05) is 19.1 Å². The number of amides is 2. The smallest absolute Gasteiger partial charge is 0.319 e. The van der Waals surface area contributed by atoms with E-state index in [1.54, 1.807) is 0 Å². The number of benzene rings is 1. The molecule has 0 aliphatic rings. The molecule has 94 valence electrons. The number of carbonyl (C=O) groups excluding carboxylic acids is 1. The molecule has 1 aromatic carbocycles. The lowest BCUT2D eigenvalue weighted by Crippen LogP contribution is -2.29. The van der Waals surface area contributed by atoms with E-state index in [0.29, 0.717) is 17.9 Å². The molecule has 17 heavy (non-hydrogen) atoms. The van der Waals surface area contributed by atoms with Gasteiger partial charge in [0.2, 0.25) is 0 Å². The number of nitrogen functional groups attached to an aromatic ring is 1. The Morgan fingerprint density at radius 3 is 2.76 bits per heavy atom. The summed E-state index contributed by atoms with van der Waals surface area (Å²) >= 11 is 3.39. The van der Waals surface area contributed by atoms with Crippen molar-refractivity contribution in [3.05, 3.63) is 22.2 Å². The van der Waals surface area contributed by atoms with Crippen LogP contribution in [0.2, 0.25) is 0 Å². The molecule has 1 aromatic rings. The molecule has 5 heteroatoms. The summed E-state index contributed by atoms with van der Waals surface area (Å²) in [5.74, 6) is 0. The number of rotatable bonds is 4. The average molecular weight is 300 g/mol. The second kappa shape index (κ2) is 6.49. The minimum absolute atomic E-state index is 0.227. The molecule has 1 rings (SSSR count). The number of hydrogen-bond donors (Lipinski definition) is 3. The number of unbranched alkanes of at least 4 members (excludes halogenated alkanes) is 1.